The van der Waals surface area contributed by atoms with Gasteiger partial charge in [0.25, 0.3) is 0 Å². The standard InChI is InChI=1S/C16H23NOS/c1-13-8-10-15(11-9-13)19-12-16(18)17(2)14-6-4-3-5-7-14/h8-11,14H,3-7,12H2,1-2H3. The van der Waals surface area contributed by atoms with Crippen molar-refractivity contribution in [2.75, 3.05) is 12.8 Å². The largest absolute Gasteiger partial charge is 0.342 e. The molecule has 1 fully saturated rings. The maximum atomic E-state index is 12.2. The summed E-state index contributed by atoms with van der Waals surface area (Å²) in [5, 5.41) is 0. The Bertz CT molecular complexity index is 409. The minimum absolute atomic E-state index is 0.262. The summed E-state index contributed by atoms with van der Waals surface area (Å²) >= 11 is 1.64. The van der Waals surface area contributed by atoms with E-state index in [1.807, 2.05) is 11.9 Å². The molecule has 1 aliphatic carbocycles. The zero-order valence-corrected chi connectivity index (χ0v) is 12.7. The van der Waals surface area contributed by atoms with Crippen LogP contribution < -0.4 is 0 Å². The second kappa shape index (κ2) is 6.99. The van der Waals surface area contributed by atoms with Gasteiger partial charge in [0.2, 0.25) is 5.91 Å². The van der Waals surface area contributed by atoms with Crippen LogP contribution in [0.5, 0.6) is 0 Å². The van der Waals surface area contributed by atoms with Crippen LogP contribution in [0.25, 0.3) is 0 Å². The summed E-state index contributed by atoms with van der Waals surface area (Å²) in [7, 11) is 1.97. The molecular formula is C16H23NOS. The third kappa shape index (κ3) is 4.27. The fourth-order valence-corrected chi connectivity index (χ4v) is 3.38. The molecule has 0 saturated heterocycles. The van der Waals surface area contributed by atoms with Gasteiger partial charge in [-0.2, -0.15) is 0 Å². The van der Waals surface area contributed by atoms with Crippen molar-refractivity contribution in [2.45, 2.75) is 50.0 Å². The van der Waals surface area contributed by atoms with Gasteiger partial charge in [-0.05, 0) is 31.9 Å². The molecule has 0 aliphatic heterocycles. The molecule has 0 bridgehead atoms. The lowest BCUT2D eigenvalue weighted by Crippen LogP contribution is -2.39. The predicted molar refractivity (Wildman–Crippen MR) is 81.5 cm³/mol. The molecule has 0 radical (unpaired) electrons. The fraction of sp³-hybridized carbons (Fsp3) is 0.562. The van der Waals surface area contributed by atoms with E-state index in [-0.39, 0.29) is 5.91 Å². The second-order valence-electron chi connectivity index (χ2n) is 5.40. The van der Waals surface area contributed by atoms with E-state index in [0.717, 1.165) is 0 Å². The van der Waals surface area contributed by atoms with Crippen LogP contribution in [0.2, 0.25) is 0 Å². The molecule has 0 aromatic heterocycles. The van der Waals surface area contributed by atoms with E-state index in [4.69, 9.17) is 0 Å². The van der Waals surface area contributed by atoms with Gasteiger partial charge in [0, 0.05) is 18.0 Å². The number of aryl methyl sites for hydroxylation is 1. The molecule has 104 valence electrons. The molecular weight excluding hydrogens is 254 g/mol. The molecule has 1 aromatic rings. The molecule has 2 nitrogen and oxygen atoms in total. The number of carbonyl (C=O) groups is 1. The van der Waals surface area contributed by atoms with Crippen molar-refractivity contribution >= 4 is 17.7 Å². The molecule has 0 spiro atoms. The first-order chi connectivity index (χ1) is 9.16. The van der Waals surface area contributed by atoms with Gasteiger partial charge >= 0.3 is 0 Å². The van der Waals surface area contributed by atoms with Gasteiger partial charge in [-0.25, -0.2) is 0 Å². The van der Waals surface area contributed by atoms with Crippen LogP contribution in [0.15, 0.2) is 29.2 Å². The van der Waals surface area contributed by atoms with Crippen LogP contribution in [0.4, 0.5) is 0 Å². The summed E-state index contributed by atoms with van der Waals surface area (Å²) in [4.78, 5) is 15.3. The predicted octanol–water partition coefficient (Wildman–Crippen LogP) is 3.88. The van der Waals surface area contributed by atoms with Crippen LogP contribution >= 0.6 is 11.8 Å². The van der Waals surface area contributed by atoms with E-state index in [1.165, 1.54) is 42.6 Å². The van der Waals surface area contributed by atoms with Crippen molar-refractivity contribution in [3.63, 3.8) is 0 Å². The van der Waals surface area contributed by atoms with Gasteiger partial charge in [0.15, 0.2) is 0 Å². The molecule has 19 heavy (non-hydrogen) atoms. The zero-order valence-electron chi connectivity index (χ0n) is 11.9. The lowest BCUT2D eigenvalue weighted by atomic mass is 9.94. The van der Waals surface area contributed by atoms with Crippen LogP contribution in [-0.2, 0) is 4.79 Å². The lowest BCUT2D eigenvalue weighted by molar-refractivity contribution is -0.129. The zero-order chi connectivity index (χ0) is 13.7. The molecule has 0 atom stereocenters. The van der Waals surface area contributed by atoms with Crippen molar-refractivity contribution in [3.8, 4) is 0 Å². The SMILES string of the molecule is Cc1ccc(SCC(=O)N(C)C2CCCCC2)cc1. The third-order valence-corrected chi connectivity index (χ3v) is 4.90. The molecule has 0 unspecified atom stereocenters. The van der Waals surface area contributed by atoms with Crippen LogP contribution in [0.3, 0.4) is 0 Å². The molecule has 1 aromatic carbocycles. The van der Waals surface area contributed by atoms with Gasteiger partial charge in [-0.1, -0.05) is 37.0 Å². The van der Waals surface area contributed by atoms with Gasteiger partial charge in [0.1, 0.15) is 0 Å². The summed E-state index contributed by atoms with van der Waals surface area (Å²) in [6, 6.07) is 8.84. The molecule has 0 heterocycles. The fourth-order valence-electron chi connectivity index (χ4n) is 2.55. The van der Waals surface area contributed by atoms with Gasteiger partial charge < -0.3 is 4.90 Å². The van der Waals surface area contributed by atoms with E-state index in [2.05, 4.69) is 31.2 Å². The Morgan fingerprint density at radius 1 is 1.21 bits per heavy atom. The summed E-state index contributed by atoms with van der Waals surface area (Å²) in [5.41, 5.74) is 1.26. The van der Waals surface area contributed by atoms with E-state index < -0.39 is 0 Å². The highest BCUT2D eigenvalue weighted by molar-refractivity contribution is 8.00. The Balaban J connectivity index is 1.81. The number of hydrogen-bond donors (Lipinski definition) is 0. The molecule has 1 aliphatic rings. The van der Waals surface area contributed by atoms with E-state index in [1.54, 1.807) is 11.8 Å². The van der Waals surface area contributed by atoms with E-state index in [9.17, 15) is 4.79 Å². The highest BCUT2D eigenvalue weighted by atomic mass is 32.2. The Hall–Kier alpha value is -0.960. The first-order valence-corrected chi connectivity index (χ1v) is 8.10. The quantitative estimate of drug-likeness (QED) is 0.778. The number of thioether (sulfide) groups is 1. The smallest absolute Gasteiger partial charge is 0.232 e. The first-order valence-electron chi connectivity index (χ1n) is 7.12. The average Bonchev–Trinajstić information content (AvgIpc) is 2.46. The summed E-state index contributed by atoms with van der Waals surface area (Å²) in [6.45, 7) is 2.08. The van der Waals surface area contributed by atoms with Crippen LogP contribution in [0, 0.1) is 6.92 Å². The third-order valence-electron chi connectivity index (χ3n) is 3.90. The van der Waals surface area contributed by atoms with E-state index in [0.29, 0.717) is 11.8 Å². The van der Waals surface area contributed by atoms with Gasteiger partial charge in [0.05, 0.1) is 5.75 Å². The number of amides is 1. The normalized spacial score (nSPS) is 16.3. The van der Waals surface area contributed by atoms with Crippen molar-refractivity contribution in [1.29, 1.82) is 0 Å². The maximum absolute atomic E-state index is 12.2. The minimum Gasteiger partial charge on any atom is -0.342 e. The monoisotopic (exact) mass is 277 g/mol. The van der Waals surface area contributed by atoms with Gasteiger partial charge in [-0.15, -0.1) is 11.8 Å². The minimum atomic E-state index is 0.262. The van der Waals surface area contributed by atoms with Crippen molar-refractivity contribution < 1.29 is 4.79 Å². The lowest BCUT2D eigenvalue weighted by Gasteiger charge is -2.31. The van der Waals surface area contributed by atoms with Crippen LogP contribution in [0.1, 0.15) is 37.7 Å². The molecule has 2 rings (SSSR count). The Morgan fingerprint density at radius 3 is 2.47 bits per heavy atom. The Morgan fingerprint density at radius 2 is 1.84 bits per heavy atom. The molecule has 0 N–H and O–H groups in total. The average molecular weight is 277 g/mol. The van der Waals surface area contributed by atoms with Crippen molar-refractivity contribution in [3.05, 3.63) is 29.8 Å². The van der Waals surface area contributed by atoms with Gasteiger partial charge in [-0.3, -0.25) is 4.79 Å². The highest BCUT2D eigenvalue weighted by Crippen LogP contribution is 2.23. The number of carbonyl (C=O) groups excluding carboxylic acids is 1. The number of rotatable bonds is 4. The van der Waals surface area contributed by atoms with Crippen molar-refractivity contribution in [1.82, 2.24) is 4.90 Å². The van der Waals surface area contributed by atoms with Crippen LogP contribution in [-0.4, -0.2) is 29.6 Å². The molecule has 1 amide bonds. The summed E-state index contributed by atoms with van der Waals surface area (Å²) < 4.78 is 0. The number of hydrogen-bond acceptors (Lipinski definition) is 2. The Kier molecular flexibility index (Phi) is 5.32. The first kappa shape index (κ1) is 14.4. The molecule has 3 heteroatoms. The van der Waals surface area contributed by atoms with Crippen molar-refractivity contribution in [2.24, 2.45) is 0 Å². The highest BCUT2D eigenvalue weighted by Gasteiger charge is 2.21. The summed E-state index contributed by atoms with van der Waals surface area (Å²) in [5.74, 6) is 0.813. The molecule has 1 saturated carbocycles. The number of benzene rings is 1. The second-order valence-corrected chi connectivity index (χ2v) is 6.45. The number of nitrogens with zero attached hydrogens (tertiary/aromatic N) is 1. The maximum Gasteiger partial charge on any atom is 0.232 e. The van der Waals surface area contributed by atoms with E-state index >= 15 is 0 Å². The Labute approximate surface area is 120 Å². The topological polar surface area (TPSA) is 20.3 Å². The summed E-state index contributed by atoms with van der Waals surface area (Å²) in [6.07, 6.45) is 6.23.